The smallest absolute Gasteiger partial charge is 0.337 e. The number of rotatable bonds is 19. The van der Waals surface area contributed by atoms with Gasteiger partial charge in [0.15, 0.2) is 71.0 Å². The highest BCUT2D eigenvalue weighted by Crippen LogP contribution is 2.45. The zero-order valence-electron chi connectivity index (χ0n) is 49.6. The summed E-state index contributed by atoms with van der Waals surface area (Å²) in [5, 5.41) is 171. The molecule has 5 aliphatic heterocycles. The quantitative estimate of drug-likeness (QED) is 0.0159. The molecule has 3 aromatic carbocycles. The van der Waals surface area contributed by atoms with Crippen LogP contribution < -0.4 is 25.1 Å². The van der Waals surface area contributed by atoms with Crippen molar-refractivity contribution in [1.82, 2.24) is 0 Å². The Labute approximate surface area is 536 Å². The molecule has 4 aromatic rings. The van der Waals surface area contributed by atoms with Gasteiger partial charge >= 0.3 is 23.9 Å². The topological polar surface area (TPSA) is 563 Å². The summed E-state index contributed by atoms with van der Waals surface area (Å²) in [7, 11) is 0.876. The molecule has 36 nitrogen and oxygen atoms in total. The molecule has 1 aromatic heterocycles. The van der Waals surface area contributed by atoms with E-state index < -0.39 is 241 Å². The fourth-order valence-electron chi connectivity index (χ4n) is 10.7. The molecule has 0 amide bonds. The zero-order chi connectivity index (χ0) is 69.5. The van der Waals surface area contributed by atoms with Crippen LogP contribution >= 0.6 is 0 Å². The molecule has 0 saturated carbocycles. The van der Waals surface area contributed by atoms with Crippen molar-refractivity contribution in [3.05, 3.63) is 93.2 Å². The molecular weight excluding hydrogens is 1300 g/mol. The standard InChI is InChI=1S/C60H62O36/c1-19(63)85-51-41(74)35(92-58(48(51)81)89-32-14-25-27(67)10-23(65)11-30(25)87-49(32)21-5-8-26(66)28(68)9-21)18-84-36(70)15-37(71)93-54-46(79)45(78)53(56(82)83-2)95-59(54)86-24-12-29(69)38-31(13-24)88-50(20-3-6-22(64)7-4-20)52(42(38)75)94-60-55(44(77)40(73)34(17-62)91-60)96-57-47(80)43(76)39(72)33(16-61)90-57/h3-14,33-35,39-41,43-48,51,53-55,57-62,64,66-69,72-74,76-81H,15-18H2,1-2H3/t33-,34-,35-,39-,40-,41-,43+,44+,45+,46+,47-,48-,51+,53+,54-,55-,57+,58-,59-,60+/m1/s1. The fourth-order valence-corrected chi connectivity index (χ4v) is 10.7. The summed E-state index contributed by atoms with van der Waals surface area (Å²) < 4.78 is 78.8. The number of hydrogen-bond donors (Lipinski definition) is 16. The van der Waals surface area contributed by atoms with Crippen LogP contribution in [0.1, 0.15) is 13.3 Å². The Kier molecular flexibility index (Phi) is 20.9. The van der Waals surface area contributed by atoms with Crippen LogP contribution in [0.2, 0.25) is 0 Å². The zero-order valence-corrected chi connectivity index (χ0v) is 49.6. The predicted molar refractivity (Wildman–Crippen MR) is 306 cm³/mol. The average molecular weight is 1360 g/mol. The van der Waals surface area contributed by atoms with Gasteiger partial charge in [-0.15, -0.1) is 0 Å². The number of aromatic hydroxyl groups is 5. The van der Waals surface area contributed by atoms with E-state index in [1.807, 2.05) is 0 Å². The Balaban J connectivity index is 0.896. The monoisotopic (exact) mass is 1360 g/mol. The van der Waals surface area contributed by atoms with Crippen molar-refractivity contribution in [2.45, 2.75) is 136 Å². The third kappa shape index (κ3) is 14.2. The predicted octanol–water partition coefficient (Wildman–Crippen LogP) is -3.98. The van der Waals surface area contributed by atoms with Crippen LogP contribution in [0.25, 0.3) is 44.9 Å². The summed E-state index contributed by atoms with van der Waals surface area (Å²) in [4.78, 5) is 79.3. The van der Waals surface area contributed by atoms with Crippen molar-refractivity contribution in [3.63, 3.8) is 0 Å². The van der Waals surface area contributed by atoms with Gasteiger partial charge in [-0.2, -0.15) is 0 Å². The van der Waals surface area contributed by atoms with Crippen molar-refractivity contribution in [3.8, 4) is 80.0 Å². The molecule has 0 spiro atoms. The third-order valence-electron chi connectivity index (χ3n) is 15.7. The molecule has 518 valence electrons. The van der Waals surface area contributed by atoms with Crippen molar-refractivity contribution >= 4 is 34.8 Å². The summed E-state index contributed by atoms with van der Waals surface area (Å²) in [6.45, 7) is -2.02. The van der Waals surface area contributed by atoms with Crippen LogP contribution in [0.15, 0.2) is 91.2 Å². The second-order valence-corrected chi connectivity index (χ2v) is 22.1. The first-order valence-electron chi connectivity index (χ1n) is 28.8. The Morgan fingerprint density at radius 1 is 0.521 bits per heavy atom. The first-order chi connectivity index (χ1) is 45.6. The number of aliphatic hydroxyl groups excluding tert-OH is 11. The van der Waals surface area contributed by atoms with Gasteiger partial charge in [-0.3, -0.25) is 24.0 Å². The molecule has 6 heterocycles. The van der Waals surface area contributed by atoms with Crippen LogP contribution in [-0.4, -0.2) is 255 Å². The molecular formula is C60H62O36. The normalized spacial score (nSPS) is 30.6. The Hall–Kier alpha value is -9.06. The van der Waals surface area contributed by atoms with E-state index in [1.54, 1.807) is 0 Å². The maximum absolute atomic E-state index is 14.7. The summed E-state index contributed by atoms with van der Waals surface area (Å²) in [6, 6.07) is 12.6. The first kappa shape index (κ1) is 69.8. The number of methoxy groups -OCH3 is 1. The number of phenols is 5. The summed E-state index contributed by atoms with van der Waals surface area (Å²) in [5.74, 6) is -11.5. The van der Waals surface area contributed by atoms with Crippen LogP contribution in [0, 0.1) is 0 Å². The van der Waals surface area contributed by atoms with Crippen LogP contribution in [-0.2, 0) is 61.8 Å². The molecule has 10 rings (SSSR count). The van der Waals surface area contributed by atoms with E-state index in [4.69, 9.17) is 65.7 Å². The molecule has 1 aliphatic carbocycles. The highest BCUT2D eigenvalue weighted by Gasteiger charge is 2.54. The van der Waals surface area contributed by atoms with Crippen molar-refractivity contribution < 1.29 is 167 Å². The van der Waals surface area contributed by atoms with Gasteiger partial charge in [0.2, 0.25) is 30.0 Å². The highest BCUT2D eigenvalue weighted by atomic mass is 16.8. The minimum Gasteiger partial charge on any atom is -0.508 e. The van der Waals surface area contributed by atoms with Crippen molar-refractivity contribution in [1.29, 1.82) is 0 Å². The average Bonchev–Trinajstić information content (AvgIpc) is 0.530. The lowest BCUT2D eigenvalue weighted by molar-refractivity contribution is -0.358. The second-order valence-electron chi connectivity index (χ2n) is 22.1. The number of benzene rings is 4. The van der Waals surface area contributed by atoms with E-state index in [2.05, 4.69) is 0 Å². The van der Waals surface area contributed by atoms with Crippen molar-refractivity contribution in [2.24, 2.45) is 0 Å². The van der Waals surface area contributed by atoms with Gasteiger partial charge in [-0.1, -0.05) is 0 Å². The van der Waals surface area contributed by atoms with Crippen molar-refractivity contribution in [2.75, 3.05) is 26.9 Å². The number of fused-ring (bicyclic) bond motifs is 2. The minimum absolute atomic E-state index is 0.0192. The van der Waals surface area contributed by atoms with Gasteiger partial charge in [-0.25, -0.2) is 4.79 Å². The van der Waals surface area contributed by atoms with Gasteiger partial charge in [0.1, 0.15) is 120 Å². The number of aliphatic hydroxyl groups is 11. The summed E-state index contributed by atoms with van der Waals surface area (Å²) in [6.07, 6.45) is -42.0. The molecule has 0 bridgehead atoms. The second kappa shape index (κ2) is 28.7. The molecule has 6 aliphatic rings. The molecule has 20 atom stereocenters. The van der Waals surface area contributed by atoms with Gasteiger partial charge in [0.25, 0.3) is 0 Å². The van der Waals surface area contributed by atoms with Crippen LogP contribution in [0.3, 0.4) is 0 Å². The Morgan fingerprint density at radius 2 is 1.17 bits per heavy atom. The first-order valence-corrected chi connectivity index (χ1v) is 28.8. The van der Waals surface area contributed by atoms with E-state index in [1.165, 1.54) is 18.2 Å². The summed E-state index contributed by atoms with van der Waals surface area (Å²) in [5.41, 5.74) is -2.77. The van der Waals surface area contributed by atoms with E-state index in [-0.39, 0.29) is 34.0 Å². The lowest BCUT2D eigenvalue weighted by Gasteiger charge is -2.45. The van der Waals surface area contributed by atoms with Gasteiger partial charge < -0.3 is 147 Å². The number of esters is 4. The summed E-state index contributed by atoms with van der Waals surface area (Å²) >= 11 is 0. The SMILES string of the molecule is COC(=O)[C@H]1O[C@@H](Oc2cc(O)c3c(=O)c(O[C@@H]4O[C@H](CO)[C@@H](O)[C@H](O)[C@H]4O[C@@H]4O[C@H](CO)[C@@H](O)[C@H](O)[C@H]4O)c(-c4ccc(O)cc4)oc3c2)[C@H](OC(=O)CC(=O)OC[C@H]2O[C@@H](Oc3cc4c(O)cc(=O)cc-4oc3-c3ccc(O)c(O)c3)[C@H](O)[C@@H](OC(C)=O)[C@@H]2O)[C@@H](O)[C@@H]1O. The molecule has 4 fully saturated rings. The lowest BCUT2D eigenvalue weighted by Crippen LogP contribution is -2.65. The molecule has 36 heteroatoms. The maximum atomic E-state index is 14.7. The lowest BCUT2D eigenvalue weighted by atomic mass is 9.97. The van der Waals surface area contributed by atoms with Gasteiger partial charge in [0, 0.05) is 42.3 Å². The maximum Gasteiger partial charge on any atom is 0.337 e. The number of phenolic OH excluding ortho intramolecular Hbond substituents is 5. The molecule has 0 unspecified atom stereocenters. The van der Waals surface area contributed by atoms with E-state index in [9.17, 15) is 110 Å². The number of hydrogen-bond acceptors (Lipinski definition) is 36. The van der Waals surface area contributed by atoms with E-state index >= 15 is 0 Å². The Morgan fingerprint density at radius 3 is 1.83 bits per heavy atom. The molecule has 0 radical (unpaired) electrons. The van der Waals surface area contributed by atoms with E-state index in [0.29, 0.717) is 0 Å². The van der Waals surface area contributed by atoms with Crippen LogP contribution in [0.5, 0.6) is 46.0 Å². The minimum atomic E-state index is -2.35. The molecule has 16 N–H and O–H groups in total. The number of ether oxygens (including phenoxy) is 12. The van der Waals surface area contributed by atoms with Crippen LogP contribution in [0.4, 0.5) is 0 Å². The molecule has 96 heavy (non-hydrogen) atoms. The van der Waals surface area contributed by atoms with Gasteiger partial charge in [-0.05, 0) is 48.5 Å². The fraction of sp³-hybridized carbons (Fsp3) is 0.433. The largest absolute Gasteiger partial charge is 0.508 e. The van der Waals surface area contributed by atoms with Gasteiger partial charge in [0.05, 0.1) is 25.9 Å². The third-order valence-corrected chi connectivity index (χ3v) is 15.7. The Bertz CT molecular complexity index is 3910. The highest BCUT2D eigenvalue weighted by molar-refractivity contribution is 5.91. The molecule has 4 saturated heterocycles. The number of carbonyl (C=O) groups excluding carboxylic acids is 4. The van der Waals surface area contributed by atoms with E-state index in [0.717, 1.165) is 68.6 Å². The number of carbonyl (C=O) groups is 4.